The lowest BCUT2D eigenvalue weighted by molar-refractivity contribution is -0.0172. The summed E-state index contributed by atoms with van der Waals surface area (Å²) in [5.41, 5.74) is 1.60. The molecule has 19 heavy (non-hydrogen) atoms. The minimum absolute atomic E-state index is 0.181. The van der Waals surface area contributed by atoms with Crippen LogP contribution in [0.4, 0.5) is 0 Å². The van der Waals surface area contributed by atoms with Crippen LogP contribution >= 0.6 is 0 Å². The number of nitrogens with zero attached hydrogens (tertiary/aromatic N) is 1. The standard InChI is InChI=1S/C15H20N2O2/c1-12(14-5-3-4-13(8-14)9-16)17-10-15(18-2)6-7-19-11-15/h3-5,8,12,17H,6-7,10-11H2,1-2H3. The van der Waals surface area contributed by atoms with Gasteiger partial charge in [-0.3, -0.25) is 0 Å². The zero-order valence-electron chi connectivity index (χ0n) is 11.5. The summed E-state index contributed by atoms with van der Waals surface area (Å²) in [6.45, 7) is 4.24. The number of methoxy groups -OCH3 is 1. The zero-order valence-corrected chi connectivity index (χ0v) is 11.5. The van der Waals surface area contributed by atoms with Gasteiger partial charge in [-0.2, -0.15) is 5.26 Å². The predicted octanol–water partition coefficient (Wildman–Crippen LogP) is 2.01. The molecule has 4 nitrogen and oxygen atoms in total. The number of rotatable bonds is 5. The molecule has 0 bridgehead atoms. The Hall–Kier alpha value is -1.41. The maximum Gasteiger partial charge on any atom is 0.106 e. The molecule has 0 radical (unpaired) electrons. The summed E-state index contributed by atoms with van der Waals surface area (Å²) in [5.74, 6) is 0. The highest BCUT2D eigenvalue weighted by Gasteiger charge is 2.34. The van der Waals surface area contributed by atoms with Crippen molar-refractivity contribution < 1.29 is 9.47 Å². The smallest absolute Gasteiger partial charge is 0.106 e. The van der Waals surface area contributed by atoms with E-state index in [1.54, 1.807) is 7.11 Å². The molecule has 1 aromatic rings. The van der Waals surface area contributed by atoms with Crippen molar-refractivity contribution in [1.29, 1.82) is 5.26 Å². The molecule has 1 N–H and O–H groups in total. The zero-order chi connectivity index (χ0) is 13.7. The molecule has 0 amide bonds. The van der Waals surface area contributed by atoms with Gasteiger partial charge in [0.25, 0.3) is 0 Å². The van der Waals surface area contributed by atoms with Gasteiger partial charge in [-0.05, 0) is 24.6 Å². The number of hydrogen-bond acceptors (Lipinski definition) is 4. The van der Waals surface area contributed by atoms with Gasteiger partial charge >= 0.3 is 0 Å². The van der Waals surface area contributed by atoms with Crippen molar-refractivity contribution in [2.45, 2.75) is 25.0 Å². The molecular formula is C15H20N2O2. The predicted molar refractivity (Wildman–Crippen MR) is 72.8 cm³/mol. The molecular weight excluding hydrogens is 240 g/mol. The molecule has 0 saturated carbocycles. The van der Waals surface area contributed by atoms with E-state index >= 15 is 0 Å². The van der Waals surface area contributed by atoms with Gasteiger partial charge in [0, 0.05) is 32.7 Å². The first kappa shape index (κ1) is 14.0. The Balaban J connectivity index is 1.97. The maximum atomic E-state index is 8.92. The van der Waals surface area contributed by atoms with E-state index in [0.717, 1.165) is 25.1 Å². The Morgan fingerprint density at radius 3 is 3.05 bits per heavy atom. The Kier molecular flexibility index (Phi) is 4.54. The second-order valence-electron chi connectivity index (χ2n) is 5.03. The molecule has 1 saturated heterocycles. The summed E-state index contributed by atoms with van der Waals surface area (Å²) in [5, 5.41) is 12.4. The quantitative estimate of drug-likeness (QED) is 0.880. The van der Waals surface area contributed by atoms with Gasteiger partial charge in [0.15, 0.2) is 0 Å². The minimum atomic E-state index is -0.207. The first-order valence-electron chi connectivity index (χ1n) is 6.55. The van der Waals surface area contributed by atoms with Crippen molar-refractivity contribution >= 4 is 0 Å². The molecule has 2 rings (SSSR count). The Morgan fingerprint density at radius 1 is 1.58 bits per heavy atom. The van der Waals surface area contributed by atoms with Crippen molar-refractivity contribution in [3.05, 3.63) is 35.4 Å². The van der Waals surface area contributed by atoms with Crippen LogP contribution in [-0.2, 0) is 9.47 Å². The van der Waals surface area contributed by atoms with E-state index in [1.165, 1.54) is 0 Å². The summed E-state index contributed by atoms with van der Waals surface area (Å²) >= 11 is 0. The average Bonchev–Trinajstić information content (AvgIpc) is 2.94. The van der Waals surface area contributed by atoms with E-state index in [0.29, 0.717) is 12.2 Å². The third kappa shape index (κ3) is 3.32. The summed E-state index contributed by atoms with van der Waals surface area (Å²) in [6.07, 6.45) is 0.918. The SMILES string of the molecule is COC1(CNC(C)c2cccc(C#N)c2)CCOC1. The fourth-order valence-electron chi connectivity index (χ4n) is 2.30. The largest absolute Gasteiger partial charge is 0.378 e. The molecule has 0 aromatic heterocycles. The molecule has 1 aliphatic rings. The van der Waals surface area contributed by atoms with Crippen molar-refractivity contribution in [2.24, 2.45) is 0 Å². The topological polar surface area (TPSA) is 54.3 Å². The van der Waals surface area contributed by atoms with Crippen molar-refractivity contribution in [2.75, 3.05) is 26.9 Å². The van der Waals surface area contributed by atoms with Crippen molar-refractivity contribution in [1.82, 2.24) is 5.32 Å². The summed E-state index contributed by atoms with van der Waals surface area (Å²) < 4.78 is 11.0. The number of ether oxygens (including phenoxy) is 2. The third-order valence-corrected chi connectivity index (χ3v) is 3.75. The van der Waals surface area contributed by atoms with Gasteiger partial charge in [-0.1, -0.05) is 12.1 Å². The molecule has 1 aliphatic heterocycles. The third-order valence-electron chi connectivity index (χ3n) is 3.75. The number of nitriles is 1. The summed E-state index contributed by atoms with van der Waals surface area (Å²) in [7, 11) is 1.73. The Bertz CT molecular complexity index is 461. The molecule has 102 valence electrons. The lowest BCUT2D eigenvalue weighted by Gasteiger charge is -2.28. The van der Waals surface area contributed by atoms with Gasteiger partial charge in [0.05, 0.1) is 18.2 Å². The van der Waals surface area contributed by atoms with E-state index in [9.17, 15) is 0 Å². The summed E-state index contributed by atoms with van der Waals surface area (Å²) in [6, 6.07) is 10.0. The monoisotopic (exact) mass is 260 g/mol. The van der Waals surface area contributed by atoms with Gasteiger partial charge in [-0.15, -0.1) is 0 Å². The van der Waals surface area contributed by atoms with Crippen LogP contribution in [0.3, 0.4) is 0 Å². The van der Waals surface area contributed by atoms with Crippen LogP contribution in [-0.4, -0.2) is 32.5 Å². The molecule has 4 heteroatoms. The molecule has 1 aromatic carbocycles. The lowest BCUT2D eigenvalue weighted by atomic mass is 10.0. The van der Waals surface area contributed by atoms with E-state index in [-0.39, 0.29) is 11.6 Å². The summed E-state index contributed by atoms with van der Waals surface area (Å²) in [4.78, 5) is 0. The Morgan fingerprint density at radius 2 is 2.42 bits per heavy atom. The van der Waals surface area contributed by atoms with E-state index < -0.39 is 0 Å². The van der Waals surface area contributed by atoms with Crippen LogP contribution in [0.25, 0.3) is 0 Å². The maximum absolute atomic E-state index is 8.92. The van der Waals surface area contributed by atoms with Crippen molar-refractivity contribution in [3.8, 4) is 6.07 Å². The second-order valence-corrected chi connectivity index (χ2v) is 5.03. The highest BCUT2D eigenvalue weighted by Crippen LogP contribution is 2.23. The van der Waals surface area contributed by atoms with Crippen LogP contribution in [0.5, 0.6) is 0 Å². The van der Waals surface area contributed by atoms with Gasteiger partial charge in [0.1, 0.15) is 5.60 Å². The van der Waals surface area contributed by atoms with Crippen molar-refractivity contribution in [3.63, 3.8) is 0 Å². The number of nitrogens with one attached hydrogen (secondary N) is 1. The first-order chi connectivity index (χ1) is 9.19. The second kappa shape index (κ2) is 6.16. The van der Waals surface area contributed by atoms with Crippen LogP contribution in [0.1, 0.15) is 30.5 Å². The average molecular weight is 260 g/mol. The molecule has 1 heterocycles. The highest BCUT2D eigenvalue weighted by molar-refractivity contribution is 5.34. The number of benzene rings is 1. The first-order valence-corrected chi connectivity index (χ1v) is 6.55. The number of hydrogen-bond donors (Lipinski definition) is 1. The van der Waals surface area contributed by atoms with Gasteiger partial charge < -0.3 is 14.8 Å². The van der Waals surface area contributed by atoms with Crippen LogP contribution < -0.4 is 5.32 Å². The van der Waals surface area contributed by atoms with E-state index in [4.69, 9.17) is 14.7 Å². The van der Waals surface area contributed by atoms with Crippen LogP contribution in [0, 0.1) is 11.3 Å². The molecule has 0 aliphatic carbocycles. The minimum Gasteiger partial charge on any atom is -0.378 e. The fraction of sp³-hybridized carbons (Fsp3) is 0.533. The molecule has 1 fully saturated rings. The molecule has 2 atom stereocenters. The van der Waals surface area contributed by atoms with E-state index in [2.05, 4.69) is 18.3 Å². The van der Waals surface area contributed by atoms with Crippen LogP contribution in [0.2, 0.25) is 0 Å². The van der Waals surface area contributed by atoms with Crippen LogP contribution in [0.15, 0.2) is 24.3 Å². The van der Waals surface area contributed by atoms with Gasteiger partial charge in [0.2, 0.25) is 0 Å². The highest BCUT2D eigenvalue weighted by atomic mass is 16.5. The van der Waals surface area contributed by atoms with Gasteiger partial charge in [-0.25, -0.2) is 0 Å². The molecule has 0 spiro atoms. The molecule has 2 unspecified atom stereocenters. The lowest BCUT2D eigenvalue weighted by Crippen LogP contribution is -2.43. The van der Waals surface area contributed by atoms with E-state index in [1.807, 2.05) is 24.3 Å². The normalized spacial score (nSPS) is 24.1. The Labute approximate surface area is 114 Å². The fourth-order valence-corrected chi connectivity index (χ4v) is 2.30.